The first-order valence-electron chi connectivity index (χ1n) is 10.5. The van der Waals surface area contributed by atoms with Crippen molar-refractivity contribution in [3.05, 3.63) is 10.5 Å². The zero-order chi connectivity index (χ0) is 20.3. The van der Waals surface area contributed by atoms with E-state index in [0.29, 0.717) is 5.01 Å². The average molecular weight is 482 g/mol. The monoisotopic (exact) mass is 481 g/mol. The molecule has 0 atom stereocenters. The van der Waals surface area contributed by atoms with E-state index in [9.17, 15) is 4.79 Å². The van der Waals surface area contributed by atoms with Gasteiger partial charge in [-0.2, -0.15) is 0 Å². The fourth-order valence-electron chi connectivity index (χ4n) is 2.48. The van der Waals surface area contributed by atoms with Gasteiger partial charge in [-0.25, -0.2) is 3.71 Å². The van der Waals surface area contributed by atoms with Gasteiger partial charge in [-0.05, 0) is 12.8 Å². The molecule has 1 heterocycles. The highest BCUT2D eigenvalue weighted by atomic mass is 33.1. The third-order valence-corrected chi connectivity index (χ3v) is 10.1. The topological polar surface area (TPSA) is 46.1 Å². The molecule has 0 fully saturated rings. The van der Waals surface area contributed by atoms with Crippen molar-refractivity contribution >= 4 is 60.8 Å². The Kier molecular flexibility index (Phi) is 18.3. The largest absolute Gasteiger partial charge is 0.306 e. The van der Waals surface area contributed by atoms with Crippen LogP contribution >= 0.6 is 54.9 Å². The van der Waals surface area contributed by atoms with Gasteiger partial charge in [0.1, 0.15) is 5.51 Å². The van der Waals surface area contributed by atoms with Crippen LogP contribution in [0, 0.1) is 0 Å². The van der Waals surface area contributed by atoms with Gasteiger partial charge in [-0.1, -0.05) is 111 Å². The normalized spacial score (nSPS) is 11.1. The predicted octanol–water partition coefficient (Wildman–Crippen LogP) is 8.29. The minimum atomic E-state index is -0.0385. The molecule has 0 unspecified atom stereocenters. The third kappa shape index (κ3) is 13.6. The van der Waals surface area contributed by atoms with Crippen LogP contribution in [0.15, 0.2) is 5.51 Å². The van der Waals surface area contributed by atoms with Gasteiger partial charge in [0, 0.05) is 33.5 Å². The lowest BCUT2D eigenvalue weighted by Gasteiger charge is -2.16. The summed E-state index contributed by atoms with van der Waals surface area (Å²) in [6, 6.07) is 0. The van der Waals surface area contributed by atoms with Crippen LogP contribution in [0.25, 0.3) is 0 Å². The first-order chi connectivity index (χ1) is 13.8. The summed E-state index contributed by atoms with van der Waals surface area (Å²) in [5, 5.41) is 8.22. The van der Waals surface area contributed by atoms with Crippen LogP contribution in [-0.4, -0.2) is 31.3 Å². The molecule has 0 N–H and O–H groups in total. The average Bonchev–Trinajstić information content (AvgIpc) is 3.24. The number of hydrogen-bond acceptors (Lipinski definition) is 8. The lowest BCUT2D eigenvalue weighted by Crippen LogP contribution is -2.15. The lowest BCUT2D eigenvalue weighted by atomic mass is 10.1. The number of carbonyl (C=O) groups excluding carboxylic acids is 1. The Bertz CT molecular complexity index is 456. The van der Waals surface area contributed by atoms with E-state index < -0.39 is 0 Å². The lowest BCUT2D eigenvalue weighted by molar-refractivity contribution is 0.0934. The van der Waals surface area contributed by atoms with Crippen molar-refractivity contribution in [3.8, 4) is 0 Å². The quantitative estimate of drug-likeness (QED) is 0.112. The molecular formula is C19H35N3OS5. The van der Waals surface area contributed by atoms with Crippen molar-refractivity contribution in [2.24, 2.45) is 0 Å². The second kappa shape index (κ2) is 19.4. The number of carbonyl (C=O) groups is 1. The minimum absolute atomic E-state index is 0.0385. The van der Waals surface area contributed by atoms with Gasteiger partial charge >= 0.3 is 5.91 Å². The molecule has 1 aromatic heterocycles. The van der Waals surface area contributed by atoms with Crippen LogP contribution in [0.3, 0.4) is 0 Å². The standard InChI is InChI=1S/C19H35N3OS5/c1-3-5-7-9-11-13-15-25-27-22(19(23)18-21-20-17-24-18)28-26-16-14-12-10-8-6-4-2/h17H,3-16H2,1-2H3. The van der Waals surface area contributed by atoms with Gasteiger partial charge in [-0.15, -0.1) is 10.2 Å². The van der Waals surface area contributed by atoms with Crippen molar-refractivity contribution in [2.75, 3.05) is 11.5 Å². The first-order valence-corrected chi connectivity index (χ1v) is 15.9. The molecule has 1 aromatic rings. The summed E-state index contributed by atoms with van der Waals surface area (Å²) in [6.07, 6.45) is 15.6. The molecule has 0 aliphatic heterocycles. The summed E-state index contributed by atoms with van der Waals surface area (Å²) in [5.74, 6) is 2.13. The van der Waals surface area contributed by atoms with Crippen molar-refractivity contribution in [1.82, 2.24) is 13.9 Å². The highest BCUT2D eigenvalue weighted by molar-refractivity contribution is 8.83. The van der Waals surface area contributed by atoms with Gasteiger partial charge in [0.05, 0.1) is 0 Å². The summed E-state index contributed by atoms with van der Waals surface area (Å²) in [6.45, 7) is 4.50. The van der Waals surface area contributed by atoms with Gasteiger partial charge in [0.15, 0.2) is 0 Å². The molecule has 0 bridgehead atoms. The van der Waals surface area contributed by atoms with E-state index in [-0.39, 0.29) is 5.91 Å². The van der Waals surface area contributed by atoms with Crippen LogP contribution < -0.4 is 0 Å². The van der Waals surface area contributed by atoms with Crippen LogP contribution in [0.2, 0.25) is 0 Å². The molecule has 9 heteroatoms. The zero-order valence-electron chi connectivity index (χ0n) is 17.3. The Balaban J connectivity index is 2.22. The van der Waals surface area contributed by atoms with Crippen molar-refractivity contribution in [3.63, 3.8) is 0 Å². The molecule has 0 radical (unpaired) electrons. The van der Waals surface area contributed by atoms with Gasteiger partial charge < -0.3 is 0 Å². The molecule has 4 nitrogen and oxygen atoms in total. The van der Waals surface area contributed by atoms with Crippen LogP contribution in [0.4, 0.5) is 0 Å². The predicted molar refractivity (Wildman–Crippen MR) is 133 cm³/mol. The first kappa shape index (κ1) is 26.5. The third-order valence-electron chi connectivity index (χ3n) is 4.11. The van der Waals surface area contributed by atoms with E-state index >= 15 is 0 Å². The maximum Gasteiger partial charge on any atom is 0.306 e. The SMILES string of the molecule is CCCCCCCCSSN(SSCCCCCCCC)C(=O)c1nncs1. The molecule has 1 amide bonds. The fourth-order valence-corrected chi connectivity index (χ4v) is 8.27. The fraction of sp³-hybridized carbons (Fsp3) is 0.842. The zero-order valence-corrected chi connectivity index (χ0v) is 21.4. The summed E-state index contributed by atoms with van der Waals surface area (Å²) >= 11 is 1.31. The Hall–Kier alpha value is 0.430. The molecule has 0 saturated carbocycles. The number of aromatic nitrogens is 2. The second-order valence-electron chi connectivity index (χ2n) is 6.63. The summed E-state index contributed by atoms with van der Waals surface area (Å²) < 4.78 is 1.78. The molecule has 0 spiro atoms. The second-order valence-corrected chi connectivity index (χ2v) is 12.3. The minimum Gasteiger partial charge on any atom is -0.264 e. The van der Waals surface area contributed by atoms with Crippen LogP contribution in [0.5, 0.6) is 0 Å². The van der Waals surface area contributed by atoms with E-state index in [1.165, 1.54) is 88.4 Å². The highest BCUT2D eigenvalue weighted by Crippen LogP contribution is 2.40. The summed E-state index contributed by atoms with van der Waals surface area (Å²) in [7, 11) is 6.65. The maximum atomic E-state index is 12.6. The molecule has 0 aromatic carbocycles. The maximum absolute atomic E-state index is 12.6. The van der Waals surface area contributed by atoms with E-state index in [2.05, 4.69) is 24.0 Å². The Morgan fingerprint density at radius 2 is 1.36 bits per heavy atom. The molecule has 0 aliphatic carbocycles. The Labute approximate surface area is 191 Å². The van der Waals surface area contributed by atoms with E-state index in [1.54, 1.807) is 52.8 Å². The van der Waals surface area contributed by atoms with Crippen LogP contribution in [-0.2, 0) is 0 Å². The molecule has 0 aliphatic rings. The van der Waals surface area contributed by atoms with Crippen molar-refractivity contribution in [1.29, 1.82) is 0 Å². The Morgan fingerprint density at radius 3 is 1.82 bits per heavy atom. The Morgan fingerprint density at radius 1 is 0.857 bits per heavy atom. The molecule has 28 heavy (non-hydrogen) atoms. The molecular weight excluding hydrogens is 447 g/mol. The summed E-state index contributed by atoms with van der Waals surface area (Å²) in [4.78, 5) is 12.6. The van der Waals surface area contributed by atoms with Gasteiger partial charge in [0.25, 0.3) is 0 Å². The van der Waals surface area contributed by atoms with E-state index in [4.69, 9.17) is 0 Å². The van der Waals surface area contributed by atoms with Crippen molar-refractivity contribution in [2.45, 2.75) is 90.9 Å². The van der Waals surface area contributed by atoms with E-state index in [1.807, 2.05) is 0 Å². The molecule has 1 rings (SSSR count). The highest BCUT2D eigenvalue weighted by Gasteiger charge is 2.21. The van der Waals surface area contributed by atoms with Gasteiger partial charge in [-0.3, -0.25) is 4.79 Å². The van der Waals surface area contributed by atoms with Crippen LogP contribution in [0.1, 0.15) is 101 Å². The summed E-state index contributed by atoms with van der Waals surface area (Å²) in [5.41, 5.74) is 1.62. The number of nitrogens with zero attached hydrogens (tertiary/aromatic N) is 3. The molecule has 162 valence electrons. The van der Waals surface area contributed by atoms with E-state index in [0.717, 1.165) is 11.5 Å². The number of hydrogen-bond donors (Lipinski definition) is 0. The smallest absolute Gasteiger partial charge is 0.264 e. The number of rotatable bonds is 19. The number of amides is 1. The molecule has 0 saturated heterocycles. The van der Waals surface area contributed by atoms with Gasteiger partial charge in [0.2, 0.25) is 5.01 Å². The number of unbranched alkanes of at least 4 members (excludes halogenated alkanes) is 10. The van der Waals surface area contributed by atoms with Crippen molar-refractivity contribution < 1.29 is 4.79 Å².